The lowest BCUT2D eigenvalue weighted by Gasteiger charge is -2.29. The summed E-state index contributed by atoms with van der Waals surface area (Å²) in [6.45, 7) is 6.94. The summed E-state index contributed by atoms with van der Waals surface area (Å²) in [5.41, 5.74) is 2.39. The summed E-state index contributed by atoms with van der Waals surface area (Å²) in [5, 5.41) is 0.259. The van der Waals surface area contributed by atoms with Crippen LogP contribution in [0.3, 0.4) is 0 Å². The van der Waals surface area contributed by atoms with Crippen LogP contribution in [-0.2, 0) is 11.3 Å². The van der Waals surface area contributed by atoms with Crippen molar-refractivity contribution >= 4 is 29.3 Å². The van der Waals surface area contributed by atoms with Gasteiger partial charge in [-0.3, -0.25) is 9.59 Å². The molecule has 1 aromatic heterocycles. The smallest absolute Gasteiger partial charge is 0.355 e. The molecular formula is C26H26ClFN2O4. The molecule has 1 heterocycles. The maximum Gasteiger partial charge on any atom is 0.355 e. The van der Waals surface area contributed by atoms with Crippen LogP contribution in [0, 0.1) is 19.7 Å². The van der Waals surface area contributed by atoms with Crippen LogP contribution in [-0.4, -0.2) is 40.2 Å². The Morgan fingerprint density at radius 2 is 1.74 bits per heavy atom. The molecular weight excluding hydrogens is 459 g/mol. The number of nitrogens with zero attached hydrogens (tertiary/aromatic N) is 1. The third-order valence-electron chi connectivity index (χ3n) is 5.64. The molecule has 0 saturated heterocycles. The van der Waals surface area contributed by atoms with Crippen LogP contribution >= 0.6 is 11.6 Å². The first-order chi connectivity index (χ1) is 16.1. The molecule has 34 heavy (non-hydrogen) atoms. The average molecular weight is 485 g/mol. The Morgan fingerprint density at radius 1 is 1.09 bits per heavy atom. The van der Waals surface area contributed by atoms with E-state index in [9.17, 15) is 18.8 Å². The van der Waals surface area contributed by atoms with E-state index >= 15 is 0 Å². The van der Waals surface area contributed by atoms with Crippen molar-refractivity contribution < 1.29 is 23.5 Å². The van der Waals surface area contributed by atoms with Gasteiger partial charge in [0, 0.05) is 17.8 Å². The van der Waals surface area contributed by atoms with Crippen LogP contribution in [0.15, 0.2) is 48.5 Å². The Hall–Kier alpha value is -3.45. The Bertz CT molecular complexity index is 1220. The second-order valence-electron chi connectivity index (χ2n) is 7.93. The fourth-order valence-corrected chi connectivity index (χ4v) is 4.05. The number of hydrogen-bond acceptors (Lipinski definition) is 4. The molecule has 0 aliphatic heterocycles. The summed E-state index contributed by atoms with van der Waals surface area (Å²) in [7, 11) is 0. The molecule has 0 aliphatic carbocycles. The van der Waals surface area contributed by atoms with Gasteiger partial charge >= 0.3 is 5.97 Å². The summed E-state index contributed by atoms with van der Waals surface area (Å²) < 4.78 is 18.5. The highest BCUT2D eigenvalue weighted by Crippen LogP contribution is 2.25. The number of hydrogen-bond donors (Lipinski definition) is 1. The second-order valence-corrected chi connectivity index (χ2v) is 8.33. The average Bonchev–Trinajstić information content (AvgIpc) is 3.11. The topological polar surface area (TPSA) is 79.5 Å². The normalized spacial score (nSPS) is 11.7. The fourth-order valence-electron chi connectivity index (χ4n) is 3.84. The summed E-state index contributed by atoms with van der Waals surface area (Å²) >= 11 is 6.27. The van der Waals surface area contributed by atoms with E-state index in [2.05, 4.69) is 4.98 Å². The van der Waals surface area contributed by atoms with E-state index in [0.717, 1.165) is 0 Å². The standard InChI is InChI=1S/C26H26ClFN2O4/c1-5-34-26(33)23-15(2)22(16(3)29-23)24(31)17(4)30(14-18-10-12-19(28)13-11-18)25(32)20-8-6-7-9-21(20)27/h6-13,17,29H,5,14H2,1-4H3. The van der Waals surface area contributed by atoms with E-state index in [1.54, 1.807) is 64.1 Å². The molecule has 1 N–H and O–H groups in total. The van der Waals surface area contributed by atoms with E-state index in [1.165, 1.54) is 17.0 Å². The van der Waals surface area contributed by atoms with E-state index < -0.39 is 23.7 Å². The molecule has 3 aromatic rings. The predicted octanol–water partition coefficient (Wildman–Crippen LogP) is 5.51. The van der Waals surface area contributed by atoms with Gasteiger partial charge in [-0.2, -0.15) is 0 Å². The highest BCUT2D eigenvalue weighted by molar-refractivity contribution is 6.33. The molecule has 0 spiro atoms. The van der Waals surface area contributed by atoms with Crippen molar-refractivity contribution in [3.8, 4) is 0 Å². The Labute approximate surface area is 202 Å². The number of aromatic amines is 1. The number of benzene rings is 2. The molecule has 8 heteroatoms. The first-order valence-corrected chi connectivity index (χ1v) is 11.2. The lowest BCUT2D eigenvalue weighted by atomic mass is 9.98. The number of ether oxygens (including phenoxy) is 1. The molecule has 3 rings (SSSR count). The molecule has 1 unspecified atom stereocenters. The van der Waals surface area contributed by atoms with Crippen LogP contribution in [0.5, 0.6) is 0 Å². The minimum Gasteiger partial charge on any atom is -0.461 e. The molecule has 0 aliphatic rings. The SMILES string of the molecule is CCOC(=O)c1[nH]c(C)c(C(=O)C(C)N(Cc2ccc(F)cc2)C(=O)c2ccccc2Cl)c1C. The number of halogens is 2. The zero-order valence-corrected chi connectivity index (χ0v) is 20.2. The summed E-state index contributed by atoms with van der Waals surface area (Å²) in [5.74, 6) is -1.73. The number of aromatic nitrogens is 1. The lowest BCUT2D eigenvalue weighted by molar-refractivity contribution is 0.0518. The van der Waals surface area contributed by atoms with Crippen LogP contribution in [0.1, 0.15) is 61.9 Å². The summed E-state index contributed by atoms with van der Waals surface area (Å²) in [6.07, 6.45) is 0. The predicted molar refractivity (Wildman–Crippen MR) is 128 cm³/mol. The maximum absolute atomic E-state index is 13.6. The van der Waals surface area contributed by atoms with Gasteiger partial charge < -0.3 is 14.6 Å². The molecule has 0 radical (unpaired) electrons. The van der Waals surface area contributed by atoms with Gasteiger partial charge in [-0.25, -0.2) is 9.18 Å². The fraction of sp³-hybridized carbons (Fsp3) is 0.269. The lowest BCUT2D eigenvalue weighted by Crippen LogP contribution is -2.43. The van der Waals surface area contributed by atoms with Crippen molar-refractivity contribution in [2.45, 2.75) is 40.3 Å². The van der Waals surface area contributed by atoms with Gasteiger partial charge in [0.25, 0.3) is 5.91 Å². The number of H-pyrrole nitrogens is 1. The highest BCUT2D eigenvalue weighted by Gasteiger charge is 2.32. The van der Waals surface area contributed by atoms with Crippen molar-refractivity contribution in [2.24, 2.45) is 0 Å². The molecule has 0 bridgehead atoms. The Kier molecular flexibility index (Phi) is 7.89. The van der Waals surface area contributed by atoms with Crippen LogP contribution in [0.2, 0.25) is 5.02 Å². The number of carbonyl (C=O) groups excluding carboxylic acids is 3. The molecule has 1 atom stereocenters. The first-order valence-electron chi connectivity index (χ1n) is 10.9. The maximum atomic E-state index is 13.6. The van der Waals surface area contributed by atoms with Gasteiger partial charge in [-0.05, 0) is 63.1 Å². The van der Waals surface area contributed by atoms with Crippen molar-refractivity contribution in [3.05, 3.63) is 93.0 Å². The molecule has 0 fully saturated rings. The molecule has 178 valence electrons. The number of carbonyl (C=O) groups is 3. The zero-order valence-electron chi connectivity index (χ0n) is 19.4. The first kappa shape index (κ1) is 25.2. The third kappa shape index (κ3) is 5.20. The number of Topliss-reactive ketones (excluding diaryl/α,β-unsaturated/α-hetero) is 1. The van der Waals surface area contributed by atoms with Gasteiger partial charge in [0.05, 0.1) is 23.2 Å². The minimum atomic E-state index is -0.905. The minimum absolute atomic E-state index is 0.0600. The van der Waals surface area contributed by atoms with Crippen LogP contribution < -0.4 is 0 Å². The van der Waals surface area contributed by atoms with Crippen molar-refractivity contribution in [1.82, 2.24) is 9.88 Å². The third-order valence-corrected chi connectivity index (χ3v) is 5.97. The van der Waals surface area contributed by atoms with Gasteiger partial charge in [-0.1, -0.05) is 35.9 Å². The van der Waals surface area contributed by atoms with E-state index in [4.69, 9.17) is 16.3 Å². The van der Waals surface area contributed by atoms with Gasteiger partial charge in [0.15, 0.2) is 5.78 Å². The highest BCUT2D eigenvalue weighted by atomic mass is 35.5. The monoisotopic (exact) mass is 484 g/mol. The Balaban J connectivity index is 2.01. The van der Waals surface area contributed by atoms with E-state index in [1.807, 2.05) is 0 Å². The quantitative estimate of drug-likeness (QED) is 0.337. The van der Waals surface area contributed by atoms with E-state index in [0.29, 0.717) is 22.4 Å². The number of amides is 1. The summed E-state index contributed by atoms with van der Waals surface area (Å²) in [4.78, 5) is 43.8. The molecule has 1 amide bonds. The molecule has 6 nitrogen and oxygen atoms in total. The number of esters is 1. The van der Waals surface area contributed by atoms with Gasteiger partial charge in [0.2, 0.25) is 0 Å². The summed E-state index contributed by atoms with van der Waals surface area (Å²) in [6, 6.07) is 11.4. The largest absolute Gasteiger partial charge is 0.461 e. The molecule has 0 saturated carbocycles. The van der Waals surface area contributed by atoms with Crippen LogP contribution in [0.4, 0.5) is 4.39 Å². The van der Waals surface area contributed by atoms with Gasteiger partial charge in [-0.15, -0.1) is 0 Å². The number of aryl methyl sites for hydroxylation is 1. The number of rotatable bonds is 8. The Morgan fingerprint density at radius 3 is 2.35 bits per heavy atom. The van der Waals surface area contributed by atoms with Gasteiger partial charge in [0.1, 0.15) is 11.5 Å². The zero-order chi connectivity index (χ0) is 25.0. The molecule has 2 aromatic carbocycles. The van der Waals surface area contributed by atoms with E-state index in [-0.39, 0.29) is 35.2 Å². The van der Waals surface area contributed by atoms with Crippen molar-refractivity contribution in [2.75, 3.05) is 6.61 Å². The number of ketones is 1. The van der Waals surface area contributed by atoms with Crippen molar-refractivity contribution in [3.63, 3.8) is 0 Å². The number of nitrogens with one attached hydrogen (secondary N) is 1. The van der Waals surface area contributed by atoms with Crippen LogP contribution in [0.25, 0.3) is 0 Å². The van der Waals surface area contributed by atoms with Crippen molar-refractivity contribution in [1.29, 1.82) is 0 Å². The second kappa shape index (κ2) is 10.7.